The fourth-order valence-corrected chi connectivity index (χ4v) is 3.36. The average molecular weight is 296 g/mol. The molecule has 1 nitrogen and oxygen atoms in total. The lowest BCUT2D eigenvalue weighted by molar-refractivity contribution is 0.165. The van der Waals surface area contributed by atoms with Crippen LogP contribution < -0.4 is 0 Å². The standard InChI is InChI=1S/C15H22BrN/c1-13-5-2-3-7-15(13)12-17-10-4-6-14(11-17)8-9-16/h2-3,5,7,14H,4,6,8-12H2,1H3. The lowest BCUT2D eigenvalue weighted by Gasteiger charge is -2.32. The van der Waals surface area contributed by atoms with Crippen LogP contribution in [0.15, 0.2) is 24.3 Å². The Morgan fingerprint density at radius 1 is 1.35 bits per heavy atom. The highest BCUT2D eigenvalue weighted by Gasteiger charge is 2.19. The second-order valence-electron chi connectivity index (χ2n) is 5.15. The molecule has 0 spiro atoms. The van der Waals surface area contributed by atoms with E-state index in [2.05, 4.69) is 52.0 Å². The van der Waals surface area contributed by atoms with Crippen LogP contribution in [0.5, 0.6) is 0 Å². The molecule has 1 heterocycles. The molecular weight excluding hydrogens is 274 g/mol. The Morgan fingerprint density at radius 2 is 2.18 bits per heavy atom. The van der Waals surface area contributed by atoms with Crippen molar-refractivity contribution in [2.24, 2.45) is 5.92 Å². The van der Waals surface area contributed by atoms with Gasteiger partial charge < -0.3 is 0 Å². The number of benzene rings is 1. The minimum absolute atomic E-state index is 0.896. The molecule has 94 valence electrons. The summed E-state index contributed by atoms with van der Waals surface area (Å²) in [6, 6.07) is 8.77. The number of hydrogen-bond acceptors (Lipinski definition) is 1. The van der Waals surface area contributed by atoms with Gasteiger partial charge in [0.1, 0.15) is 0 Å². The SMILES string of the molecule is Cc1ccccc1CN1CCCC(CCBr)C1. The molecule has 0 aliphatic carbocycles. The molecule has 0 radical (unpaired) electrons. The third-order valence-corrected chi connectivity index (χ3v) is 4.23. The van der Waals surface area contributed by atoms with Gasteiger partial charge in [-0.15, -0.1) is 0 Å². The van der Waals surface area contributed by atoms with Gasteiger partial charge in [-0.25, -0.2) is 0 Å². The lowest BCUT2D eigenvalue weighted by Crippen LogP contribution is -2.35. The molecule has 2 rings (SSSR count). The van der Waals surface area contributed by atoms with Gasteiger partial charge in [-0.1, -0.05) is 40.2 Å². The van der Waals surface area contributed by atoms with Crippen LogP contribution in [0.4, 0.5) is 0 Å². The summed E-state index contributed by atoms with van der Waals surface area (Å²) >= 11 is 3.56. The van der Waals surface area contributed by atoms with Crippen molar-refractivity contribution in [1.82, 2.24) is 4.90 Å². The number of rotatable bonds is 4. The van der Waals surface area contributed by atoms with Crippen LogP contribution in [-0.2, 0) is 6.54 Å². The number of hydrogen-bond donors (Lipinski definition) is 0. The highest BCUT2D eigenvalue weighted by atomic mass is 79.9. The van der Waals surface area contributed by atoms with Crippen molar-refractivity contribution in [2.45, 2.75) is 32.7 Å². The van der Waals surface area contributed by atoms with E-state index >= 15 is 0 Å². The Labute approximate surface area is 113 Å². The average Bonchev–Trinajstić information content (AvgIpc) is 2.33. The maximum atomic E-state index is 3.56. The van der Waals surface area contributed by atoms with Gasteiger partial charge >= 0.3 is 0 Å². The monoisotopic (exact) mass is 295 g/mol. The van der Waals surface area contributed by atoms with Gasteiger partial charge in [-0.05, 0) is 49.8 Å². The molecule has 1 atom stereocenters. The first-order valence-electron chi connectivity index (χ1n) is 6.62. The van der Waals surface area contributed by atoms with E-state index in [-0.39, 0.29) is 0 Å². The largest absolute Gasteiger partial charge is 0.299 e. The molecule has 0 saturated carbocycles. The third kappa shape index (κ3) is 3.82. The third-order valence-electron chi connectivity index (χ3n) is 3.78. The summed E-state index contributed by atoms with van der Waals surface area (Å²) in [6.07, 6.45) is 4.10. The minimum Gasteiger partial charge on any atom is -0.299 e. The van der Waals surface area contributed by atoms with Gasteiger partial charge in [0, 0.05) is 18.4 Å². The second-order valence-corrected chi connectivity index (χ2v) is 5.94. The van der Waals surface area contributed by atoms with Crippen molar-refractivity contribution in [1.29, 1.82) is 0 Å². The highest BCUT2D eigenvalue weighted by molar-refractivity contribution is 9.09. The van der Waals surface area contributed by atoms with E-state index in [0.29, 0.717) is 0 Å². The summed E-state index contributed by atoms with van der Waals surface area (Å²) in [4.78, 5) is 2.62. The van der Waals surface area contributed by atoms with Crippen LogP contribution in [0.2, 0.25) is 0 Å². The van der Waals surface area contributed by atoms with Gasteiger partial charge in [0.25, 0.3) is 0 Å². The van der Waals surface area contributed by atoms with E-state index in [0.717, 1.165) is 17.8 Å². The predicted octanol–water partition coefficient (Wildman–Crippen LogP) is 3.99. The molecule has 0 amide bonds. The molecule has 1 aliphatic heterocycles. The Kier molecular flexibility index (Phi) is 5.05. The summed E-state index contributed by atoms with van der Waals surface area (Å²) < 4.78 is 0. The Hall–Kier alpha value is -0.340. The summed E-state index contributed by atoms with van der Waals surface area (Å²) in [5, 5.41) is 1.15. The van der Waals surface area contributed by atoms with Crippen molar-refractivity contribution in [3.63, 3.8) is 0 Å². The first kappa shape index (κ1) is 13.1. The van der Waals surface area contributed by atoms with Gasteiger partial charge in [0.2, 0.25) is 0 Å². The van der Waals surface area contributed by atoms with Crippen molar-refractivity contribution in [2.75, 3.05) is 18.4 Å². The van der Waals surface area contributed by atoms with Crippen LogP contribution in [-0.4, -0.2) is 23.3 Å². The summed E-state index contributed by atoms with van der Waals surface area (Å²) in [5.74, 6) is 0.896. The highest BCUT2D eigenvalue weighted by Crippen LogP contribution is 2.22. The zero-order valence-electron chi connectivity index (χ0n) is 10.7. The molecule has 1 saturated heterocycles. The molecule has 1 aromatic rings. The lowest BCUT2D eigenvalue weighted by atomic mass is 9.95. The summed E-state index contributed by atoms with van der Waals surface area (Å²) in [6.45, 7) is 5.90. The smallest absolute Gasteiger partial charge is 0.0236 e. The Balaban J connectivity index is 1.92. The summed E-state index contributed by atoms with van der Waals surface area (Å²) in [5.41, 5.74) is 2.92. The van der Waals surface area contributed by atoms with Gasteiger partial charge in [-0.2, -0.15) is 0 Å². The van der Waals surface area contributed by atoms with E-state index in [1.165, 1.54) is 43.5 Å². The Morgan fingerprint density at radius 3 is 2.94 bits per heavy atom. The quantitative estimate of drug-likeness (QED) is 0.759. The first-order valence-corrected chi connectivity index (χ1v) is 7.74. The molecular formula is C15H22BrN. The number of aryl methyl sites for hydroxylation is 1. The van der Waals surface area contributed by atoms with E-state index in [1.807, 2.05) is 0 Å². The van der Waals surface area contributed by atoms with Crippen LogP contribution in [0.1, 0.15) is 30.4 Å². The number of piperidine rings is 1. The van der Waals surface area contributed by atoms with E-state index in [1.54, 1.807) is 0 Å². The zero-order valence-corrected chi connectivity index (χ0v) is 12.2. The zero-order chi connectivity index (χ0) is 12.1. The molecule has 2 heteroatoms. The number of halogens is 1. The Bertz CT molecular complexity index is 349. The summed E-state index contributed by atoms with van der Waals surface area (Å²) in [7, 11) is 0. The molecule has 1 fully saturated rings. The maximum absolute atomic E-state index is 3.56. The van der Waals surface area contributed by atoms with Gasteiger partial charge in [0.15, 0.2) is 0 Å². The maximum Gasteiger partial charge on any atom is 0.0236 e. The molecule has 0 bridgehead atoms. The van der Waals surface area contributed by atoms with Gasteiger partial charge in [-0.3, -0.25) is 4.90 Å². The van der Waals surface area contributed by atoms with E-state index in [4.69, 9.17) is 0 Å². The first-order chi connectivity index (χ1) is 8.29. The van der Waals surface area contributed by atoms with Crippen molar-refractivity contribution < 1.29 is 0 Å². The second kappa shape index (κ2) is 6.55. The van der Waals surface area contributed by atoms with Crippen molar-refractivity contribution in [3.05, 3.63) is 35.4 Å². The van der Waals surface area contributed by atoms with Crippen molar-refractivity contribution >= 4 is 15.9 Å². The molecule has 0 N–H and O–H groups in total. The molecule has 1 aliphatic rings. The van der Waals surface area contributed by atoms with Crippen LogP contribution >= 0.6 is 15.9 Å². The molecule has 17 heavy (non-hydrogen) atoms. The topological polar surface area (TPSA) is 3.24 Å². The normalized spacial score (nSPS) is 21.6. The fraction of sp³-hybridized carbons (Fsp3) is 0.600. The molecule has 1 aromatic carbocycles. The fourth-order valence-electron chi connectivity index (χ4n) is 2.71. The van der Waals surface area contributed by atoms with E-state index in [9.17, 15) is 0 Å². The van der Waals surface area contributed by atoms with Crippen LogP contribution in [0, 0.1) is 12.8 Å². The predicted molar refractivity (Wildman–Crippen MR) is 77.6 cm³/mol. The van der Waals surface area contributed by atoms with E-state index < -0.39 is 0 Å². The van der Waals surface area contributed by atoms with Gasteiger partial charge in [0.05, 0.1) is 0 Å². The minimum atomic E-state index is 0.896. The number of likely N-dealkylation sites (tertiary alicyclic amines) is 1. The van der Waals surface area contributed by atoms with Crippen LogP contribution in [0.3, 0.4) is 0 Å². The number of alkyl halides is 1. The van der Waals surface area contributed by atoms with Crippen LogP contribution in [0.25, 0.3) is 0 Å². The molecule has 0 aromatic heterocycles. The van der Waals surface area contributed by atoms with Crippen molar-refractivity contribution in [3.8, 4) is 0 Å². The number of nitrogens with zero attached hydrogens (tertiary/aromatic N) is 1. The molecule has 1 unspecified atom stereocenters.